The third kappa shape index (κ3) is 3.26. The Bertz CT molecular complexity index is 1080. The third-order valence-corrected chi connectivity index (χ3v) is 8.44. The molecule has 2 aromatic carbocycles. The zero-order valence-electron chi connectivity index (χ0n) is 17.7. The van der Waals surface area contributed by atoms with Gasteiger partial charge in [-0.15, -0.1) is 0 Å². The Labute approximate surface area is 191 Å². The average Bonchev–Trinajstić information content (AvgIpc) is 3.06. The smallest absolute Gasteiger partial charge is 0.324 e. The van der Waals surface area contributed by atoms with Crippen molar-refractivity contribution < 1.29 is 14.4 Å². The topological polar surface area (TPSA) is 67.8 Å². The summed E-state index contributed by atoms with van der Waals surface area (Å²) in [5.41, 5.74) is 0.208. The molecule has 0 saturated heterocycles. The van der Waals surface area contributed by atoms with E-state index in [1.807, 2.05) is 6.07 Å². The Morgan fingerprint density at radius 1 is 1.00 bits per heavy atom. The van der Waals surface area contributed by atoms with Gasteiger partial charge in [0, 0.05) is 11.8 Å². The van der Waals surface area contributed by atoms with E-state index in [0.717, 1.165) is 12.1 Å². The first-order chi connectivity index (χ1) is 14.6. The summed E-state index contributed by atoms with van der Waals surface area (Å²) in [6, 6.07) is 13.9. The fourth-order valence-corrected chi connectivity index (χ4v) is 5.44. The number of halogens is 2. The highest BCUT2D eigenvalue weighted by atomic mass is 35.5. The number of fused-ring (bicyclic) bond motifs is 2. The summed E-state index contributed by atoms with van der Waals surface area (Å²) in [6.45, 7) is 6.26. The van der Waals surface area contributed by atoms with E-state index >= 15 is 0 Å². The van der Waals surface area contributed by atoms with Gasteiger partial charge in [0.15, 0.2) is 0 Å². The van der Waals surface area contributed by atoms with Gasteiger partial charge >= 0.3 is 5.97 Å². The quantitative estimate of drug-likeness (QED) is 0.427. The summed E-state index contributed by atoms with van der Waals surface area (Å²) in [6.07, 6.45) is 1.91. The molecule has 0 radical (unpaired) electrons. The van der Waals surface area contributed by atoms with E-state index in [1.54, 1.807) is 42.5 Å². The molecule has 2 aromatic rings. The summed E-state index contributed by atoms with van der Waals surface area (Å²) in [7, 11) is 0. The average molecular weight is 459 g/mol. The van der Waals surface area contributed by atoms with Crippen LogP contribution in [-0.4, -0.2) is 17.6 Å². The van der Waals surface area contributed by atoms with Crippen LogP contribution in [0.5, 0.6) is 0 Å². The van der Waals surface area contributed by atoms with E-state index in [4.69, 9.17) is 28.0 Å². The molecule has 4 rings (SSSR count). The Balaban J connectivity index is 1.61. The maximum absolute atomic E-state index is 13.5. The van der Waals surface area contributed by atoms with Gasteiger partial charge in [-0.1, -0.05) is 73.4 Å². The lowest BCUT2D eigenvalue weighted by atomic mass is 9.64. The molecule has 1 N–H and O–H groups in total. The first-order valence-electron chi connectivity index (χ1n) is 10.2. The lowest BCUT2D eigenvalue weighted by molar-refractivity contribution is -0.130. The molecule has 162 valence electrons. The van der Waals surface area contributed by atoms with Crippen molar-refractivity contribution in [2.24, 2.45) is 21.4 Å². The number of amides is 1. The second-order valence-corrected chi connectivity index (χ2v) is 9.84. The summed E-state index contributed by atoms with van der Waals surface area (Å²) in [4.78, 5) is 31.2. The van der Waals surface area contributed by atoms with Gasteiger partial charge < -0.3 is 10.2 Å². The molecule has 1 amide bonds. The molecule has 0 aliphatic heterocycles. The van der Waals surface area contributed by atoms with Crippen molar-refractivity contribution >= 4 is 46.5 Å². The Morgan fingerprint density at radius 3 is 2.42 bits per heavy atom. The number of oxime groups is 1. The van der Waals surface area contributed by atoms with Gasteiger partial charge in [0.05, 0.1) is 32.4 Å². The van der Waals surface area contributed by atoms with Gasteiger partial charge in [0.2, 0.25) is 5.91 Å². The highest BCUT2D eigenvalue weighted by Crippen LogP contribution is 2.71. The van der Waals surface area contributed by atoms with Gasteiger partial charge in [-0.25, -0.2) is 4.79 Å². The van der Waals surface area contributed by atoms with Crippen molar-refractivity contribution in [3.05, 3.63) is 64.1 Å². The van der Waals surface area contributed by atoms with Crippen molar-refractivity contribution in [2.75, 3.05) is 5.32 Å². The third-order valence-electron chi connectivity index (χ3n) is 7.62. The molecule has 2 saturated carbocycles. The van der Waals surface area contributed by atoms with Crippen molar-refractivity contribution in [1.29, 1.82) is 0 Å². The first-order valence-corrected chi connectivity index (χ1v) is 11.0. The number of hydrogen-bond acceptors (Lipinski definition) is 4. The van der Waals surface area contributed by atoms with Crippen LogP contribution in [0.3, 0.4) is 0 Å². The second-order valence-electron chi connectivity index (χ2n) is 9.05. The molecular weight excluding hydrogens is 435 g/mol. The van der Waals surface area contributed by atoms with Crippen LogP contribution < -0.4 is 5.32 Å². The van der Waals surface area contributed by atoms with Gasteiger partial charge in [-0.05, 0) is 42.5 Å². The second kappa shape index (κ2) is 7.64. The largest absolute Gasteiger partial charge is 0.365 e. The highest BCUT2D eigenvalue weighted by molar-refractivity contribution is 6.44. The zero-order valence-corrected chi connectivity index (χ0v) is 19.2. The summed E-state index contributed by atoms with van der Waals surface area (Å²) < 4.78 is 0. The molecule has 2 aliphatic rings. The lowest BCUT2D eigenvalue weighted by Gasteiger charge is -2.39. The number of nitrogens with one attached hydrogen (secondary N) is 1. The number of rotatable bonds is 4. The number of carbonyl (C=O) groups excluding carboxylic acids is 2. The molecular formula is C24H24Cl2N2O3. The molecule has 5 nitrogen and oxygen atoms in total. The van der Waals surface area contributed by atoms with Crippen LogP contribution in [-0.2, 0) is 9.63 Å². The predicted octanol–water partition coefficient (Wildman–Crippen LogP) is 6.36. The number of anilines is 1. The zero-order chi connectivity index (χ0) is 22.4. The number of carbonyl (C=O) groups is 2. The minimum absolute atomic E-state index is 0.120. The molecule has 0 aromatic heterocycles. The van der Waals surface area contributed by atoms with E-state index in [0.29, 0.717) is 34.1 Å². The maximum Gasteiger partial charge on any atom is 0.365 e. The van der Waals surface area contributed by atoms with Crippen molar-refractivity contribution in [1.82, 2.24) is 0 Å². The predicted molar refractivity (Wildman–Crippen MR) is 123 cm³/mol. The highest BCUT2D eigenvalue weighted by Gasteiger charge is 2.71. The molecule has 0 heterocycles. The fraction of sp³-hybridized carbons (Fsp3) is 0.375. The van der Waals surface area contributed by atoms with E-state index < -0.39 is 16.8 Å². The fourth-order valence-electron chi connectivity index (χ4n) is 5.09. The van der Waals surface area contributed by atoms with Crippen LogP contribution in [0.25, 0.3) is 0 Å². The maximum atomic E-state index is 13.5. The van der Waals surface area contributed by atoms with Gasteiger partial charge in [-0.3, -0.25) is 4.79 Å². The van der Waals surface area contributed by atoms with Crippen molar-refractivity contribution in [3.8, 4) is 0 Å². The van der Waals surface area contributed by atoms with Crippen LogP contribution in [0.2, 0.25) is 10.0 Å². The SMILES string of the molecule is CC12CCC(C(=O)Nc3cccc(Cl)c3Cl)(C/C1=N\OC(=O)c1ccccc1)C2(C)C. The van der Waals surface area contributed by atoms with E-state index in [9.17, 15) is 9.59 Å². The van der Waals surface area contributed by atoms with Gasteiger partial charge in [0.1, 0.15) is 0 Å². The molecule has 2 aliphatic carbocycles. The van der Waals surface area contributed by atoms with E-state index in [2.05, 4.69) is 31.2 Å². The van der Waals surface area contributed by atoms with Crippen LogP contribution in [0.1, 0.15) is 50.4 Å². The molecule has 0 spiro atoms. The van der Waals surface area contributed by atoms with Crippen LogP contribution in [0.4, 0.5) is 5.69 Å². The van der Waals surface area contributed by atoms with Crippen LogP contribution in [0, 0.1) is 16.2 Å². The minimum Gasteiger partial charge on any atom is -0.324 e. The van der Waals surface area contributed by atoms with E-state index in [-0.39, 0.29) is 11.3 Å². The van der Waals surface area contributed by atoms with Crippen LogP contribution >= 0.6 is 23.2 Å². The van der Waals surface area contributed by atoms with Crippen molar-refractivity contribution in [3.63, 3.8) is 0 Å². The number of hydrogen-bond donors (Lipinski definition) is 1. The van der Waals surface area contributed by atoms with Gasteiger partial charge in [0.25, 0.3) is 0 Å². The normalized spacial score (nSPS) is 27.3. The number of nitrogens with zero attached hydrogens (tertiary/aromatic N) is 1. The minimum atomic E-state index is -0.689. The van der Waals surface area contributed by atoms with Crippen molar-refractivity contribution in [2.45, 2.75) is 40.0 Å². The molecule has 31 heavy (non-hydrogen) atoms. The Morgan fingerprint density at radius 2 is 1.71 bits per heavy atom. The molecule has 2 fully saturated rings. The lowest BCUT2D eigenvalue weighted by Crippen LogP contribution is -2.43. The number of benzene rings is 2. The van der Waals surface area contributed by atoms with E-state index in [1.165, 1.54) is 0 Å². The summed E-state index contributed by atoms with van der Waals surface area (Å²) in [5.74, 6) is -0.633. The molecule has 7 heteroatoms. The molecule has 2 atom stereocenters. The van der Waals surface area contributed by atoms with Crippen LogP contribution in [0.15, 0.2) is 53.7 Å². The Hall–Kier alpha value is -2.37. The molecule has 2 unspecified atom stereocenters. The first kappa shape index (κ1) is 21.8. The van der Waals surface area contributed by atoms with Gasteiger partial charge in [-0.2, -0.15) is 0 Å². The summed E-state index contributed by atoms with van der Waals surface area (Å²) in [5, 5.41) is 7.93. The summed E-state index contributed by atoms with van der Waals surface area (Å²) >= 11 is 12.4. The Kier molecular flexibility index (Phi) is 5.39. The molecule has 2 bridgehead atoms. The monoisotopic (exact) mass is 458 g/mol. The standard InChI is InChI=1S/C24H24Cl2N2O3/c1-22(2)23(3)12-13-24(22,21(30)27-17-11-7-10-16(25)19(17)26)14-18(23)28-31-20(29)15-8-5-4-6-9-15/h4-11H,12-14H2,1-3H3,(H,27,30)/b28-18+.